The Kier molecular flexibility index (Phi) is 3.93. The van der Waals surface area contributed by atoms with Crippen LogP contribution < -0.4 is 10.2 Å². The summed E-state index contributed by atoms with van der Waals surface area (Å²) in [7, 11) is 1.83. The summed E-state index contributed by atoms with van der Waals surface area (Å²) in [4.78, 5) is 14.7. The van der Waals surface area contributed by atoms with Crippen molar-refractivity contribution in [1.29, 1.82) is 0 Å². The van der Waals surface area contributed by atoms with E-state index in [0.717, 1.165) is 29.7 Å². The van der Waals surface area contributed by atoms with Crippen LogP contribution in [-0.4, -0.2) is 34.0 Å². The van der Waals surface area contributed by atoms with E-state index >= 15 is 0 Å². The molecule has 25 heavy (non-hydrogen) atoms. The van der Waals surface area contributed by atoms with Crippen LogP contribution in [0.5, 0.6) is 0 Å². The van der Waals surface area contributed by atoms with Gasteiger partial charge in [0, 0.05) is 37.9 Å². The Balaban J connectivity index is 1.40. The molecule has 0 bridgehead atoms. The maximum Gasteiger partial charge on any atom is 0.251 e. The molecule has 0 fully saturated rings. The van der Waals surface area contributed by atoms with Crippen molar-refractivity contribution in [2.24, 2.45) is 7.05 Å². The zero-order valence-electron chi connectivity index (χ0n) is 14.0. The summed E-state index contributed by atoms with van der Waals surface area (Å²) in [5.41, 5.74) is 4.49. The summed E-state index contributed by atoms with van der Waals surface area (Å²) in [6.45, 7) is 2.41. The molecule has 6 nitrogen and oxygen atoms in total. The molecule has 2 heterocycles. The number of hydrogen-bond acceptors (Lipinski definition) is 4. The maximum absolute atomic E-state index is 12.4. The van der Waals surface area contributed by atoms with Crippen LogP contribution in [0, 0.1) is 0 Å². The average Bonchev–Trinajstić information content (AvgIpc) is 3.30. The summed E-state index contributed by atoms with van der Waals surface area (Å²) in [6.07, 6.45) is 4.34. The monoisotopic (exact) mass is 333 g/mol. The van der Waals surface area contributed by atoms with Crippen LogP contribution in [0.1, 0.15) is 15.9 Å². The largest absolute Gasteiger partial charge is 0.364 e. The number of nitrogens with one attached hydrogen (secondary N) is 1. The van der Waals surface area contributed by atoms with E-state index in [-0.39, 0.29) is 5.91 Å². The van der Waals surface area contributed by atoms with Gasteiger partial charge in [0.05, 0.1) is 5.52 Å². The van der Waals surface area contributed by atoms with Crippen LogP contribution in [0.15, 0.2) is 54.6 Å². The van der Waals surface area contributed by atoms with Crippen molar-refractivity contribution in [3.05, 3.63) is 65.7 Å². The third-order valence-corrected chi connectivity index (χ3v) is 4.45. The van der Waals surface area contributed by atoms with Crippen LogP contribution in [0.3, 0.4) is 0 Å². The molecule has 0 unspecified atom stereocenters. The number of carbonyl (C=O) groups is 1. The van der Waals surface area contributed by atoms with Crippen molar-refractivity contribution in [3.8, 4) is 0 Å². The van der Waals surface area contributed by atoms with Crippen molar-refractivity contribution in [1.82, 2.24) is 20.3 Å². The number of anilines is 1. The first kappa shape index (κ1) is 15.4. The molecule has 0 saturated carbocycles. The molecule has 3 aromatic rings. The molecular formula is C19H19N5O. The minimum absolute atomic E-state index is 0.111. The molecule has 0 aliphatic carbocycles. The number of aryl methyl sites for hydroxylation is 1. The Labute approximate surface area is 145 Å². The number of benzene rings is 2. The quantitative estimate of drug-likeness (QED) is 0.744. The molecule has 0 radical (unpaired) electrons. The Morgan fingerprint density at radius 2 is 1.88 bits per heavy atom. The van der Waals surface area contributed by atoms with Gasteiger partial charge in [0.2, 0.25) is 0 Å². The number of hydrogen-bond donors (Lipinski definition) is 1. The predicted octanol–water partition coefficient (Wildman–Crippen LogP) is 2.27. The summed E-state index contributed by atoms with van der Waals surface area (Å²) in [6, 6.07) is 13.7. The van der Waals surface area contributed by atoms with E-state index in [1.807, 2.05) is 13.1 Å². The summed E-state index contributed by atoms with van der Waals surface area (Å²) < 4.78 is 1.69. The lowest BCUT2D eigenvalue weighted by atomic mass is 10.1. The van der Waals surface area contributed by atoms with Gasteiger partial charge in [-0.05, 0) is 35.9 Å². The summed E-state index contributed by atoms with van der Waals surface area (Å²) in [5.74, 6) is -0.111. The molecule has 1 aliphatic rings. The number of nitrogens with zero attached hydrogens (tertiary/aromatic N) is 4. The van der Waals surface area contributed by atoms with Gasteiger partial charge in [-0.2, -0.15) is 0 Å². The van der Waals surface area contributed by atoms with Gasteiger partial charge in [-0.1, -0.05) is 29.5 Å². The topological polar surface area (TPSA) is 63.1 Å². The zero-order chi connectivity index (χ0) is 17.2. The molecule has 0 atom stereocenters. The van der Waals surface area contributed by atoms with Crippen molar-refractivity contribution >= 4 is 22.6 Å². The average molecular weight is 333 g/mol. The first-order chi connectivity index (χ1) is 12.2. The van der Waals surface area contributed by atoms with E-state index in [9.17, 15) is 4.79 Å². The van der Waals surface area contributed by atoms with E-state index in [1.165, 1.54) is 5.69 Å². The van der Waals surface area contributed by atoms with Crippen LogP contribution in [0.2, 0.25) is 0 Å². The Morgan fingerprint density at radius 1 is 1.12 bits per heavy atom. The minimum Gasteiger partial charge on any atom is -0.364 e. The molecule has 0 spiro atoms. The summed E-state index contributed by atoms with van der Waals surface area (Å²) in [5, 5.41) is 11.0. The number of carbonyl (C=O) groups excluding carboxylic acids is 1. The van der Waals surface area contributed by atoms with E-state index in [0.29, 0.717) is 12.1 Å². The van der Waals surface area contributed by atoms with Gasteiger partial charge in [-0.3, -0.25) is 4.79 Å². The molecule has 126 valence electrons. The highest BCUT2D eigenvalue weighted by atomic mass is 16.1. The third-order valence-electron chi connectivity index (χ3n) is 4.45. The number of fused-ring (bicyclic) bond motifs is 1. The fourth-order valence-electron chi connectivity index (χ4n) is 2.98. The Bertz CT molecular complexity index is 934. The van der Waals surface area contributed by atoms with Gasteiger partial charge < -0.3 is 10.2 Å². The maximum atomic E-state index is 12.4. The van der Waals surface area contributed by atoms with Crippen molar-refractivity contribution in [3.63, 3.8) is 0 Å². The van der Waals surface area contributed by atoms with E-state index in [4.69, 9.17) is 0 Å². The molecule has 2 aromatic carbocycles. The number of aromatic nitrogens is 3. The van der Waals surface area contributed by atoms with Crippen molar-refractivity contribution < 1.29 is 4.79 Å². The fraction of sp³-hybridized carbons (Fsp3) is 0.211. The Morgan fingerprint density at radius 3 is 2.64 bits per heavy atom. The fourth-order valence-corrected chi connectivity index (χ4v) is 2.98. The van der Waals surface area contributed by atoms with Gasteiger partial charge in [-0.25, -0.2) is 4.68 Å². The smallest absolute Gasteiger partial charge is 0.251 e. The summed E-state index contributed by atoms with van der Waals surface area (Å²) >= 11 is 0. The van der Waals surface area contributed by atoms with Crippen LogP contribution >= 0.6 is 0 Å². The molecule has 0 saturated heterocycles. The highest BCUT2D eigenvalue weighted by molar-refractivity contribution is 5.97. The van der Waals surface area contributed by atoms with Gasteiger partial charge in [0.1, 0.15) is 5.52 Å². The van der Waals surface area contributed by atoms with Crippen molar-refractivity contribution in [2.45, 2.75) is 6.54 Å². The van der Waals surface area contributed by atoms with Gasteiger partial charge >= 0.3 is 0 Å². The van der Waals surface area contributed by atoms with E-state index in [2.05, 4.69) is 56.9 Å². The molecule has 4 rings (SSSR count). The SMILES string of the molecule is Cn1nnc2cc(C(=O)NCc3ccc(N4CC=CC4)cc3)ccc21. The lowest BCUT2D eigenvalue weighted by molar-refractivity contribution is 0.0951. The molecule has 1 amide bonds. The predicted molar refractivity (Wildman–Crippen MR) is 97.5 cm³/mol. The lowest BCUT2D eigenvalue weighted by Crippen LogP contribution is -2.23. The molecule has 1 aromatic heterocycles. The Hall–Kier alpha value is -3.15. The molecule has 6 heteroatoms. The first-order valence-corrected chi connectivity index (χ1v) is 8.27. The van der Waals surface area contributed by atoms with E-state index < -0.39 is 0 Å². The van der Waals surface area contributed by atoms with Gasteiger partial charge in [0.25, 0.3) is 5.91 Å². The van der Waals surface area contributed by atoms with Crippen LogP contribution in [0.25, 0.3) is 11.0 Å². The first-order valence-electron chi connectivity index (χ1n) is 8.27. The van der Waals surface area contributed by atoms with Crippen LogP contribution in [0.4, 0.5) is 5.69 Å². The number of rotatable bonds is 4. The third kappa shape index (κ3) is 3.10. The van der Waals surface area contributed by atoms with Crippen LogP contribution in [-0.2, 0) is 13.6 Å². The van der Waals surface area contributed by atoms with E-state index in [1.54, 1.807) is 16.8 Å². The number of amides is 1. The highest BCUT2D eigenvalue weighted by Gasteiger charge is 2.10. The normalized spacial score (nSPS) is 13.6. The second-order valence-electron chi connectivity index (χ2n) is 6.14. The second kappa shape index (κ2) is 6.39. The standard InChI is InChI=1S/C19H19N5O/c1-23-18-9-6-15(12-17(18)21-22-23)19(25)20-13-14-4-7-16(8-5-14)24-10-2-3-11-24/h2-9,12H,10-11,13H2,1H3,(H,20,25). The van der Waals surface area contributed by atoms with Crippen molar-refractivity contribution in [2.75, 3.05) is 18.0 Å². The highest BCUT2D eigenvalue weighted by Crippen LogP contribution is 2.18. The molecule has 1 aliphatic heterocycles. The van der Waals surface area contributed by atoms with Gasteiger partial charge in [0.15, 0.2) is 0 Å². The second-order valence-corrected chi connectivity index (χ2v) is 6.14. The molecule has 1 N–H and O–H groups in total. The lowest BCUT2D eigenvalue weighted by Gasteiger charge is -2.17. The van der Waals surface area contributed by atoms with Gasteiger partial charge in [-0.15, -0.1) is 5.10 Å². The zero-order valence-corrected chi connectivity index (χ0v) is 14.0. The minimum atomic E-state index is -0.111. The molecular weight excluding hydrogens is 314 g/mol.